The molecule has 1 saturated heterocycles. The molecule has 136 valence electrons. The van der Waals surface area contributed by atoms with Gasteiger partial charge in [0.05, 0.1) is 30.4 Å². The van der Waals surface area contributed by atoms with Crippen molar-refractivity contribution in [3.63, 3.8) is 0 Å². The summed E-state index contributed by atoms with van der Waals surface area (Å²) in [6.07, 6.45) is -4.52. The molecule has 1 aliphatic heterocycles. The standard InChI is InChI=1S/C19H18F3N3O/c20-19(21,22)17-11-15(12-23)3-6-18(17)24-13-14-1-4-16(5-2-14)25-7-9-26-10-8-25/h1-6,11,24H,7-10,13H2. The van der Waals surface area contributed by atoms with Crippen molar-refractivity contribution in [1.82, 2.24) is 0 Å². The van der Waals surface area contributed by atoms with Crippen LogP contribution in [0.3, 0.4) is 0 Å². The number of morpholine rings is 1. The Hall–Kier alpha value is -2.72. The fourth-order valence-electron chi connectivity index (χ4n) is 2.85. The van der Waals surface area contributed by atoms with Crippen LogP contribution in [0.25, 0.3) is 0 Å². The summed E-state index contributed by atoms with van der Waals surface area (Å²) in [7, 11) is 0. The molecule has 3 rings (SSSR count). The predicted octanol–water partition coefficient (Wildman–Crippen LogP) is 4.03. The normalized spacial score (nSPS) is 14.8. The number of hydrogen-bond donors (Lipinski definition) is 1. The van der Waals surface area contributed by atoms with Gasteiger partial charge in [-0.2, -0.15) is 18.4 Å². The molecule has 0 aliphatic carbocycles. The van der Waals surface area contributed by atoms with Crippen LogP contribution >= 0.6 is 0 Å². The largest absolute Gasteiger partial charge is 0.418 e. The first-order valence-corrected chi connectivity index (χ1v) is 8.24. The van der Waals surface area contributed by atoms with Gasteiger partial charge in [0.15, 0.2) is 0 Å². The van der Waals surface area contributed by atoms with Crippen LogP contribution in [0.1, 0.15) is 16.7 Å². The van der Waals surface area contributed by atoms with E-state index in [0.717, 1.165) is 30.4 Å². The number of ether oxygens (including phenoxy) is 1. The van der Waals surface area contributed by atoms with Crippen LogP contribution in [0, 0.1) is 11.3 Å². The maximum Gasteiger partial charge on any atom is 0.418 e. The van der Waals surface area contributed by atoms with Gasteiger partial charge in [-0.3, -0.25) is 0 Å². The second kappa shape index (κ2) is 7.67. The van der Waals surface area contributed by atoms with E-state index in [1.807, 2.05) is 24.3 Å². The third-order valence-electron chi connectivity index (χ3n) is 4.25. The van der Waals surface area contributed by atoms with Gasteiger partial charge in [0.2, 0.25) is 0 Å². The van der Waals surface area contributed by atoms with Crippen molar-refractivity contribution in [3.05, 3.63) is 59.2 Å². The summed E-state index contributed by atoms with van der Waals surface area (Å²) in [5, 5.41) is 11.6. The highest BCUT2D eigenvalue weighted by Crippen LogP contribution is 2.35. The maximum atomic E-state index is 13.2. The van der Waals surface area contributed by atoms with Gasteiger partial charge in [-0.1, -0.05) is 12.1 Å². The Labute approximate surface area is 149 Å². The van der Waals surface area contributed by atoms with Crippen molar-refractivity contribution >= 4 is 11.4 Å². The molecular formula is C19H18F3N3O. The minimum atomic E-state index is -4.52. The van der Waals surface area contributed by atoms with Crippen molar-refractivity contribution in [2.75, 3.05) is 36.5 Å². The number of alkyl halides is 3. The Kier molecular flexibility index (Phi) is 5.33. The number of hydrogen-bond acceptors (Lipinski definition) is 4. The van der Waals surface area contributed by atoms with E-state index in [4.69, 9.17) is 10.00 Å². The van der Waals surface area contributed by atoms with Crippen molar-refractivity contribution in [2.24, 2.45) is 0 Å². The molecule has 26 heavy (non-hydrogen) atoms. The molecule has 0 radical (unpaired) electrons. The zero-order chi connectivity index (χ0) is 18.6. The minimum absolute atomic E-state index is 0.0160. The summed E-state index contributed by atoms with van der Waals surface area (Å²) in [6.45, 7) is 3.32. The number of nitriles is 1. The lowest BCUT2D eigenvalue weighted by atomic mass is 10.1. The van der Waals surface area contributed by atoms with E-state index >= 15 is 0 Å². The Morgan fingerprint density at radius 2 is 1.77 bits per heavy atom. The lowest BCUT2D eigenvalue weighted by Crippen LogP contribution is -2.36. The Morgan fingerprint density at radius 3 is 2.38 bits per heavy atom. The molecule has 1 heterocycles. The summed E-state index contributed by atoms with van der Waals surface area (Å²) in [6, 6.07) is 13.0. The first kappa shape index (κ1) is 18.1. The number of halogens is 3. The van der Waals surface area contributed by atoms with Gasteiger partial charge >= 0.3 is 6.18 Å². The zero-order valence-corrected chi connectivity index (χ0v) is 14.0. The SMILES string of the molecule is N#Cc1ccc(NCc2ccc(N3CCOCC3)cc2)c(C(F)(F)F)c1. The van der Waals surface area contributed by atoms with Gasteiger partial charge in [-0.15, -0.1) is 0 Å². The fourth-order valence-corrected chi connectivity index (χ4v) is 2.85. The average molecular weight is 361 g/mol. The molecular weight excluding hydrogens is 343 g/mol. The third kappa shape index (κ3) is 4.27. The number of anilines is 2. The van der Waals surface area contributed by atoms with Gasteiger partial charge in [-0.05, 0) is 35.9 Å². The second-order valence-electron chi connectivity index (χ2n) is 5.99. The highest BCUT2D eigenvalue weighted by molar-refractivity contribution is 5.56. The van der Waals surface area contributed by atoms with E-state index in [9.17, 15) is 13.2 Å². The van der Waals surface area contributed by atoms with Crippen LogP contribution in [0.15, 0.2) is 42.5 Å². The Bertz CT molecular complexity index is 791. The van der Waals surface area contributed by atoms with Gasteiger partial charge in [-0.25, -0.2) is 0 Å². The van der Waals surface area contributed by atoms with Crippen molar-refractivity contribution in [2.45, 2.75) is 12.7 Å². The topological polar surface area (TPSA) is 48.3 Å². The molecule has 7 heteroatoms. The van der Waals surface area contributed by atoms with Crippen LogP contribution in [0.5, 0.6) is 0 Å². The molecule has 1 aliphatic rings. The molecule has 0 atom stereocenters. The van der Waals surface area contributed by atoms with Crippen LogP contribution in [0.4, 0.5) is 24.5 Å². The molecule has 0 unspecified atom stereocenters. The van der Waals surface area contributed by atoms with E-state index in [-0.39, 0.29) is 17.8 Å². The van der Waals surface area contributed by atoms with Gasteiger partial charge in [0.25, 0.3) is 0 Å². The molecule has 0 bridgehead atoms. The minimum Gasteiger partial charge on any atom is -0.380 e. The van der Waals surface area contributed by atoms with Crippen molar-refractivity contribution in [1.29, 1.82) is 5.26 Å². The molecule has 0 aromatic heterocycles. The van der Waals surface area contributed by atoms with Crippen LogP contribution < -0.4 is 10.2 Å². The second-order valence-corrected chi connectivity index (χ2v) is 5.99. The summed E-state index contributed by atoms with van der Waals surface area (Å²) < 4.78 is 44.9. The number of nitrogens with zero attached hydrogens (tertiary/aromatic N) is 2. The Morgan fingerprint density at radius 1 is 1.08 bits per heavy atom. The number of nitrogens with one attached hydrogen (secondary N) is 1. The summed E-state index contributed by atoms with van der Waals surface area (Å²) in [5.41, 5.74) is 1.07. The van der Waals surface area contributed by atoms with Crippen LogP contribution in [0.2, 0.25) is 0 Å². The summed E-state index contributed by atoms with van der Waals surface area (Å²) >= 11 is 0. The third-order valence-corrected chi connectivity index (χ3v) is 4.25. The van der Waals surface area contributed by atoms with Gasteiger partial charge in [0, 0.05) is 31.0 Å². The fraction of sp³-hybridized carbons (Fsp3) is 0.316. The van der Waals surface area contributed by atoms with E-state index in [1.165, 1.54) is 12.1 Å². The van der Waals surface area contributed by atoms with Gasteiger partial charge in [0.1, 0.15) is 0 Å². The predicted molar refractivity (Wildman–Crippen MR) is 93.0 cm³/mol. The van der Waals surface area contributed by atoms with Crippen molar-refractivity contribution in [3.8, 4) is 6.07 Å². The lowest BCUT2D eigenvalue weighted by Gasteiger charge is -2.29. The maximum absolute atomic E-state index is 13.2. The van der Waals surface area contributed by atoms with E-state index < -0.39 is 11.7 Å². The zero-order valence-electron chi connectivity index (χ0n) is 14.0. The summed E-state index contributed by atoms with van der Waals surface area (Å²) in [4.78, 5) is 2.21. The molecule has 0 amide bonds. The van der Waals surface area contributed by atoms with E-state index in [0.29, 0.717) is 13.2 Å². The Balaban J connectivity index is 1.70. The number of rotatable bonds is 4. The van der Waals surface area contributed by atoms with E-state index in [2.05, 4.69) is 10.2 Å². The highest BCUT2D eigenvalue weighted by atomic mass is 19.4. The van der Waals surface area contributed by atoms with Crippen LogP contribution in [-0.4, -0.2) is 26.3 Å². The quantitative estimate of drug-likeness (QED) is 0.893. The first-order valence-electron chi connectivity index (χ1n) is 8.24. The smallest absolute Gasteiger partial charge is 0.380 e. The number of benzene rings is 2. The average Bonchev–Trinajstić information content (AvgIpc) is 2.66. The molecule has 2 aromatic carbocycles. The summed E-state index contributed by atoms with van der Waals surface area (Å²) in [5.74, 6) is 0. The first-order chi connectivity index (χ1) is 12.5. The monoisotopic (exact) mass is 361 g/mol. The lowest BCUT2D eigenvalue weighted by molar-refractivity contribution is -0.137. The highest BCUT2D eigenvalue weighted by Gasteiger charge is 2.33. The molecule has 0 spiro atoms. The van der Waals surface area contributed by atoms with Crippen LogP contribution in [-0.2, 0) is 17.5 Å². The van der Waals surface area contributed by atoms with Crippen molar-refractivity contribution < 1.29 is 17.9 Å². The van der Waals surface area contributed by atoms with Gasteiger partial charge < -0.3 is 15.0 Å². The molecule has 4 nitrogen and oxygen atoms in total. The molecule has 1 N–H and O–H groups in total. The molecule has 2 aromatic rings. The molecule has 0 saturated carbocycles. The molecule has 1 fully saturated rings. The van der Waals surface area contributed by atoms with E-state index in [1.54, 1.807) is 6.07 Å².